The van der Waals surface area contributed by atoms with Gasteiger partial charge in [-0.05, 0) is 68.0 Å². The highest BCUT2D eigenvalue weighted by Crippen LogP contribution is 2.30. The summed E-state index contributed by atoms with van der Waals surface area (Å²) in [5.41, 5.74) is 3.34. The average Bonchev–Trinajstić information content (AvgIpc) is 2.87. The first kappa shape index (κ1) is 13.8. The zero-order valence-corrected chi connectivity index (χ0v) is 13.7. The van der Waals surface area contributed by atoms with E-state index < -0.39 is 0 Å². The first-order valence-corrected chi connectivity index (χ1v) is 8.43. The molecule has 1 heterocycles. The van der Waals surface area contributed by atoms with Crippen molar-refractivity contribution in [3.8, 4) is 0 Å². The van der Waals surface area contributed by atoms with Crippen LogP contribution in [-0.4, -0.2) is 5.91 Å². The highest BCUT2D eigenvalue weighted by atomic mass is 79.9. The van der Waals surface area contributed by atoms with Crippen molar-refractivity contribution in [2.75, 3.05) is 5.32 Å². The Hall–Kier alpha value is -1.13. The molecule has 1 amide bonds. The molecule has 1 aromatic heterocycles. The summed E-state index contributed by atoms with van der Waals surface area (Å²) in [6, 6.07) is 7.93. The number of anilines is 1. The highest BCUT2D eigenvalue weighted by Gasteiger charge is 2.17. The van der Waals surface area contributed by atoms with E-state index in [0.29, 0.717) is 0 Å². The molecule has 2 aromatic rings. The Kier molecular flexibility index (Phi) is 3.94. The quantitative estimate of drug-likeness (QED) is 0.816. The zero-order valence-electron chi connectivity index (χ0n) is 11.3. The molecule has 0 saturated carbocycles. The second-order valence-electron chi connectivity index (χ2n) is 5.18. The summed E-state index contributed by atoms with van der Waals surface area (Å²) in [5.74, 6) is 0.00567. The number of hydrogen-bond acceptors (Lipinski definition) is 2. The molecule has 1 aromatic carbocycles. The molecule has 0 unspecified atom stereocenters. The predicted molar refractivity (Wildman–Crippen MR) is 87.8 cm³/mol. The Labute approximate surface area is 131 Å². The van der Waals surface area contributed by atoms with Crippen LogP contribution in [0, 0.1) is 6.92 Å². The lowest BCUT2D eigenvalue weighted by atomic mass is 9.99. The molecule has 4 heteroatoms. The van der Waals surface area contributed by atoms with Crippen molar-refractivity contribution in [3.05, 3.63) is 49.6 Å². The predicted octanol–water partition coefficient (Wildman–Crippen LogP) is 4.95. The number of aryl methyl sites for hydroxylation is 3. The SMILES string of the molecule is Cc1cc(NC(=O)c2cc3c(s2)CCCC3)ccc1Br. The summed E-state index contributed by atoms with van der Waals surface area (Å²) in [4.78, 5) is 14.5. The maximum Gasteiger partial charge on any atom is 0.265 e. The molecule has 0 aliphatic heterocycles. The number of carbonyl (C=O) groups is 1. The number of rotatable bonds is 2. The van der Waals surface area contributed by atoms with Crippen LogP contribution in [0.3, 0.4) is 0 Å². The average molecular weight is 350 g/mol. The smallest absolute Gasteiger partial charge is 0.265 e. The van der Waals surface area contributed by atoms with Crippen LogP contribution in [-0.2, 0) is 12.8 Å². The van der Waals surface area contributed by atoms with Gasteiger partial charge < -0.3 is 5.32 Å². The molecule has 20 heavy (non-hydrogen) atoms. The van der Waals surface area contributed by atoms with Crippen molar-refractivity contribution >= 4 is 38.9 Å². The van der Waals surface area contributed by atoms with E-state index in [1.807, 2.05) is 25.1 Å². The summed E-state index contributed by atoms with van der Waals surface area (Å²) in [6.07, 6.45) is 4.75. The van der Waals surface area contributed by atoms with Crippen molar-refractivity contribution in [1.29, 1.82) is 0 Å². The fourth-order valence-electron chi connectivity index (χ4n) is 2.52. The Bertz CT molecular complexity index is 639. The number of halogens is 1. The number of fused-ring (bicyclic) bond motifs is 1. The normalized spacial score (nSPS) is 13.9. The molecule has 0 fully saturated rings. The van der Waals surface area contributed by atoms with Crippen molar-refractivity contribution in [2.24, 2.45) is 0 Å². The van der Waals surface area contributed by atoms with Crippen LogP contribution < -0.4 is 5.32 Å². The molecule has 1 N–H and O–H groups in total. The Morgan fingerprint density at radius 3 is 2.80 bits per heavy atom. The topological polar surface area (TPSA) is 29.1 Å². The summed E-state index contributed by atoms with van der Waals surface area (Å²) in [5, 5.41) is 2.99. The number of amides is 1. The second kappa shape index (κ2) is 5.70. The van der Waals surface area contributed by atoms with Crippen LogP contribution in [0.15, 0.2) is 28.7 Å². The van der Waals surface area contributed by atoms with Crippen LogP contribution in [0.4, 0.5) is 5.69 Å². The molecule has 0 radical (unpaired) electrons. The molecular weight excluding hydrogens is 334 g/mol. The molecule has 0 atom stereocenters. The maximum absolute atomic E-state index is 12.3. The molecule has 1 aliphatic carbocycles. The summed E-state index contributed by atoms with van der Waals surface area (Å²) in [7, 11) is 0. The van der Waals surface area contributed by atoms with Crippen molar-refractivity contribution < 1.29 is 4.79 Å². The van der Waals surface area contributed by atoms with E-state index in [1.165, 1.54) is 23.3 Å². The fourth-order valence-corrected chi connectivity index (χ4v) is 3.91. The van der Waals surface area contributed by atoms with E-state index in [4.69, 9.17) is 0 Å². The van der Waals surface area contributed by atoms with Crippen molar-refractivity contribution in [2.45, 2.75) is 32.6 Å². The van der Waals surface area contributed by atoms with Crippen LogP contribution >= 0.6 is 27.3 Å². The van der Waals surface area contributed by atoms with Gasteiger partial charge in [0.25, 0.3) is 5.91 Å². The van der Waals surface area contributed by atoms with E-state index in [9.17, 15) is 4.79 Å². The summed E-state index contributed by atoms with van der Waals surface area (Å²) < 4.78 is 1.06. The third kappa shape index (κ3) is 2.81. The lowest BCUT2D eigenvalue weighted by Gasteiger charge is -2.08. The van der Waals surface area contributed by atoms with Gasteiger partial charge in [0, 0.05) is 15.0 Å². The van der Waals surface area contributed by atoms with E-state index in [-0.39, 0.29) is 5.91 Å². The first-order valence-electron chi connectivity index (χ1n) is 6.82. The van der Waals surface area contributed by atoms with Crippen molar-refractivity contribution in [3.63, 3.8) is 0 Å². The zero-order chi connectivity index (χ0) is 14.1. The van der Waals surface area contributed by atoms with E-state index in [2.05, 4.69) is 27.3 Å². The van der Waals surface area contributed by atoms with Gasteiger partial charge in [-0.3, -0.25) is 4.79 Å². The van der Waals surface area contributed by atoms with Crippen LogP contribution in [0.1, 0.15) is 38.5 Å². The lowest BCUT2D eigenvalue weighted by molar-refractivity contribution is 0.103. The number of hydrogen-bond donors (Lipinski definition) is 1. The van der Waals surface area contributed by atoms with E-state index >= 15 is 0 Å². The largest absolute Gasteiger partial charge is 0.321 e. The Morgan fingerprint density at radius 1 is 1.25 bits per heavy atom. The van der Waals surface area contributed by atoms with Gasteiger partial charge in [0.15, 0.2) is 0 Å². The maximum atomic E-state index is 12.3. The van der Waals surface area contributed by atoms with Crippen LogP contribution in [0.2, 0.25) is 0 Å². The molecule has 104 valence electrons. The number of benzene rings is 1. The third-order valence-corrected chi connectivity index (χ3v) is 5.76. The molecule has 3 rings (SSSR count). The van der Waals surface area contributed by atoms with Gasteiger partial charge in [-0.2, -0.15) is 0 Å². The minimum absolute atomic E-state index is 0.00567. The van der Waals surface area contributed by atoms with Gasteiger partial charge in [-0.15, -0.1) is 11.3 Å². The van der Waals surface area contributed by atoms with Gasteiger partial charge in [0.1, 0.15) is 0 Å². The lowest BCUT2D eigenvalue weighted by Crippen LogP contribution is -2.10. The number of carbonyl (C=O) groups excluding carboxylic acids is 1. The van der Waals surface area contributed by atoms with Gasteiger partial charge in [-0.25, -0.2) is 0 Å². The number of nitrogens with one attached hydrogen (secondary N) is 1. The third-order valence-electron chi connectivity index (χ3n) is 3.64. The molecule has 1 aliphatic rings. The minimum Gasteiger partial charge on any atom is -0.321 e. The molecular formula is C16H16BrNOS. The van der Waals surface area contributed by atoms with Crippen LogP contribution in [0.25, 0.3) is 0 Å². The Balaban J connectivity index is 1.78. The molecule has 2 nitrogen and oxygen atoms in total. The number of thiophene rings is 1. The van der Waals surface area contributed by atoms with Gasteiger partial charge in [-0.1, -0.05) is 15.9 Å². The second-order valence-corrected chi connectivity index (χ2v) is 7.18. The minimum atomic E-state index is 0.00567. The van der Waals surface area contributed by atoms with Crippen LogP contribution in [0.5, 0.6) is 0 Å². The van der Waals surface area contributed by atoms with E-state index in [1.54, 1.807) is 11.3 Å². The van der Waals surface area contributed by atoms with Gasteiger partial charge in [0.05, 0.1) is 4.88 Å². The molecule has 0 bridgehead atoms. The highest BCUT2D eigenvalue weighted by molar-refractivity contribution is 9.10. The molecule has 0 spiro atoms. The summed E-state index contributed by atoms with van der Waals surface area (Å²) >= 11 is 5.12. The standard InChI is InChI=1S/C16H16BrNOS/c1-10-8-12(6-7-13(10)17)18-16(19)15-9-11-4-2-3-5-14(11)20-15/h6-9H,2-5H2,1H3,(H,18,19). The van der Waals surface area contributed by atoms with Gasteiger partial charge in [0.2, 0.25) is 0 Å². The first-order chi connectivity index (χ1) is 9.63. The molecule has 0 saturated heterocycles. The van der Waals surface area contributed by atoms with Crippen molar-refractivity contribution in [1.82, 2.24) is 0 Å². The fraction of sp³-hybridized carbons (Fsp3) is 0.312. The monoisotopic (exact) mass is 349 g/mol. The summed E-state index contributed by atoms with van der Waals surface area (Å²) in [6.45, 7) is 2.02. The van der Waals surface area contributed by atoms with E-state index in [0.717, 1.165) is 33.4 Å². The Morgan fingerprint density at radius 2 is 2.05 bits per heavy atom. The van der Waals surface area contributed by atoms with Gasteiger partial charge >= 0.3 is 0 Å².